The van der Waals surface area contributed by atoms with Gasteiger partial charge in [0.2, 0.25) is 5.91 Å². The number of nitrogens with zero attached hydrogens (tertiary/aromatic N) is 2. The van der Waals surface area contributed by atoms with Crippen LogP contribution in [-0.2, 0) is 4.79 Å². The Balaban J connectivity index is 1.40. The standard InChI is InChI=1S/C18H23N3OS/c22-17(21-11-5-7-13-6-1-4-10-16(13)21)12-23-18-19-14-8-2-3-9-15(14)20-18/h2-3,8-9,13,16H,1,4-7,10-12H2,(H,19,20)/t13-,16+/m1/s1. The molecule has 0 bridgehead atoms. The number of fused-ring (bicyclic) bond motifs is 2. The molecular weight excluding hydrogens is 306 g/mol. The molecule has 4 rings (SSSR count). The first-order valence-corrected chi connectivity index (χ1v) is 9.67. The molecule has 0 spiro atoms. The SMILES string of the molecule is O=C(CSc1nc2ccccc2[nH]1)N1CCC[C@H]2CCCC[C@@H]21. The predicted molar refractivity (Wildman–Crippen MR) is 93.5 cm³/mol. The topological polar surface area (TPSA) is 49.0 Å². The second kappa shape index (κ2) is 6.56. The Morgan fingerprint density at radius 3 is 2.96 bits per heavy atom. The van der Waals surface area contributed by atoms with Crippen LogP contribution in [0.25, 0.3) is 11.0 Å². The lowest BCUT2D eigenvalue weighted by Gasteiger charge is -2.44. The Kier molecular flexibility index (Phi) is 4.29. The monoisotopic (exact) mass is 329 g/mol. The number of aromatic nitrogens is 2. The fourth-order valence-electron chi connectivity index (χ4n) is 4.15. The van der Waals surface area contributed by atoms with E-state index in [1.807, 2.05) is 24.3 Å². The van der Waals surface area contributed by atoms with E-state index >= 15 is 0 Å². The predicted octanol–water partition coefficient (Wildman–Crippen LogP) is 3.84. The lowest BCUT2D eigenvalue weighted by molar-refractivity contribution is -0.134. The van der Waals surface area contributed by atoms with E-state index in [1.165, 1.54) is 50.3 Å². The highest BCUT2D eigenvalue weighted by molar-refractivity contribution is 7.99. The number of carbonyl (C=O) groups excluding carboxylic acids is 1. The summed E-state index contributed by atoms with van der Waals surface area (Å²) in [5.41, 5.74) is 2.00. The molecule has 1 saturated heterocycles. The van der Waals surface area contributed by atoms with Gasteiger partial charge in [-0.05, 0) is 43.7 Å². The van der Waals surface area contributed by atoms with Crippen LogP contribution in [0.1, 0.15) is 38.5 Å². The van der Waals surface area contributed by atoms with Crippen LogP contribution >= 0.6 is 11.8 Å². The molecule has 2 aliphatic rings. The molecule has 1 saturated carbocycles. The average molecular weight is 329 g/mol. The number of aromatic amines is 1. The van der Waals surface area contributed by atoms with Crippen molar-refractivity contribution in [2.75, 3.05) is 12.3 Å². The van der Waals surface area contributed by atoms with Gasteiger partial charge in [0.25, 0.3) is 0 Å². The van der Waals surface area contributed by atoms with Crippen LogP contribution in [0.4, 0.5) is 0 Å². The smallest absolute Gasteiger partial charge is 0.233 e. The van der Waals surface area contributed by atoms with Crippen molar-refractivity contribution < 1.29 is 4.79 Å². The summed E-state index contributed by atoms with van der Waals surface area (Å²) in [7, 11) is 0. The first-order chi connectivity index (χ1) is 11.3. The number of hydrogen-bond acceptors (Lipinski definition) is 3. The second-order valence-electron chi connectivity index (χ2n) is 6.69. The van der Waals surface area contributed by atoms with Gasteiger partial charge >= 0.3 is 0 Å². The van der Waals surface area contributed by atoms with E-state index in [-0.39, 0.29) is 5.91 Å². The highest BCUT2D eigenvalue weighted by Crippen LogP contribution is 2.35. The molecule has 0 unspecified atom stereocenters. The van der Waals surface area contributed by atoms with E-state index in [9.17, 15) is 4.79 Å². The van der Waals surface area contributed by atoms with Gasteiger partial charge in [-0.25, -0.2) is 4.98 Å². The third kappa shape index (κ3) is 3.11. The van der Waals surface area contributed by atoms with E-state index in [2.05, 4.69) is 14.9 Å². The summed E-state index contributed by atoms with van der Waals surface area (Å²) >= 11 is 1.53. The van der Waals surface area contributed by atoms with Crippen molar-refractivity contribution in [2.45, 2.75) is 49.7 Å². The van der Waals surface area contributed by atoms with Crippen molar-refractivity contribution in [1.82, 2.24) is 14.9 Å². The fraction of sp³-hybridized carbons (Fsp3) is 0.556. The number of likely N-dealkylation sites (tertiary alicyclic amines) is 1. The third-order valence-electron chi connectivity index (χ3n) is 5.26. The van der Waals surface area contributed by atoms with Crippen LogP contribution in [0.15, 0.2) is 29.4 Å². The quantitative estimate of drug-likeness (QED) is 0.871. The highest BCUT2D eigenvalue weighted by Gasteiger charge is 2.35. The maximum atomic E-state index is 12.7. The Hall–Kier alpha value is -1.49. The molecule has 1 aromatic heterocycles. The number of thioether (sulfide) groups is 1. The molecule has 2 atom stereocenters. The lowest BCUT2D eigenvalue weighted by Crippen LogP contribution is -2.50. The van der Waals surface area contributed by atoms with Crippen molar-refractivity contribution in [3.8, 4) is 0 Å². The van der Waals surface area contributed by atoms with Crippen molar-refractivity contribution >= 4 is 28.7 Å². The summed E-state index contributed by atoms with van der Waals surface area (Å²) in [6, 6.07) is 8.50. The number of imidazole rings is 1. The van der Waals surface area contributed by atoms with Crippen LogP contribution in [0.3, 0.4) is 0 Å². The van der Waals surface area contributed by atoms with Crippen LogP contribution in [0, 0.1) is 5.92 Å². The number of hydrogen-bond donors (Lipinski definition) is 1. The van der Waals surface area contributed by atoms with Crippen molar-refractivity contribution in [3.05, 3.63) is 24.3 Å². The van der Waals surface area contributed by atoms with Gasteiger partial charge in [0.05, 0.1) is 16.8 Å². The molecule has 2 heterocycles. The minimum atomic E-state index is 0.284. The zero-order chi connectivity index (χ0) is 15.6. The van der Waals surface area contributed by atoms with Gasteiger partial charge in [-0.3, -0.25) is 4.79 Å². The first kappa shape index (κ1) is 15.1. The molecule has 4 nitrogen and oxygen atoms in total. The number of carbonyl (C=O) groups is 1. The minimum absolute atomic E-state index is 0.284. The lowest BCUT2D eigenvalue weighted by atomic mass is 9.78. The Bertz CT molecular complexity index is 663. The maximum absolute atomic E-state index is 12.7. The number of nitrogens with one attached hydrogen (secondary N) is 1. The fourth-order valence-corrected chi connectivity index (χ4v) is 4.92. The van der Waals surface area contributed by atoms with Gasteiger partial charge in [-0.2, -0.15) is 0 Å². The molecule has 23 heavy (non-hydrogen) atoms. The van der Waals surface area contributed by atoms with E-state index in [0.717, 1.165) is 28.7 Å². The number of piperidine rings is 1. The Morgan fingerprint density at radius 2 is 2.04 bits per heavy atom. The molecule has 2 fully saturated rings. The van der Waals surface area contributed by atoms with Crippen LogP contribution in [-0.4, -0.2) is 39.1 Å². The second-order valence-corrected chi connectivity index (χ2v) is 7.65. The van der Waals surface area contributed by atoms with Crippen LogP contribution in [0.5, 0.6) is 0 Å². The van der Waals surface area contributed by atoms with E-state index < -0.39 is 0 Å². The summed E-state index contributed by atoms with van der Waals surface area (Å²) in [6.45, 7) is 0.945. The zero-order valence-electron chi connectivity index (χ0n) is 13.3. The van der Waals surface area contributed by atoms with Gasteiger partial charge in [-0.1, -0.05) is 36.7 Å². The minimum Gasteiger partial charge on any atom is -0.339 e. The summed E-state index contributed by atoms with van der Waals surface area (Å²) in [5.74, 6) is 1.52. The maximum Gasteiger partial charge on any atom is 0.233 e. The number of amides is 1. The highest BCUT2D eigenvalue weighted by atomic mass is 32.2. The Morgan fingerprint density at radius 1 is 1.22 bits per heavy atom. The molecule has 1 aliphatic carbocycles. The van der Waals surface area contributed by atoms with Gasteiger partial charge in [0.1, 0.15) is 0 Å². The van der Waals surface area contributed by atoms with Crippen molar-refractivity contribution in [1.29, 1.82) is 0 Å². The van der Waals surface area contributed by atoms with Gasteiger partial charge in [-0.15, -0.1) is 0 Å². The summed E-state index contributed by atoms with van der Waals surface area (Å²) < 4.78 is 0. The molecule has 1 amide bonds. The van der Waals surface area contributed by atoms with E-state index in [4.69, 9.17) is 0 Å². The Labute approximate surface area is 141 Å². The summed E-state index contributed by atoms with van der Waals surface area (Å²) in [4.78, 5) is 22.7. The van der Waals surface area contributed by atoms with Crippen molar-refractivity contribution in [2.24, 2.45) is 5.92 Å². The number of rotatable bonds is 3. The number of para-hydroxylation sites is 2. The van der Waals surface area contributed by atoms with Crippen LogP contribution < -0.4 is 0 Å². The van der Waals surface area contributed by atoms with Gasteiger partial charge in [0.15, 0.2) is 5.16 Å². The van der Waals surface area contributed by atoms with Crippen LogP contribution in [0.2, 0.25) is 0 Å². The molecule has 2 aromatic rings. The molecule has 1 N–H and O–H groups in total. The molecule has 122 valence electrons. The van der Waals surface area contributed by atoms with Crippen molar-refractivity contribution in [3.63, 3.8) is 0 Å². The molecule has 5 heteroatoms. The van der Waals surface area contributed by atoms with E-state index in [1.54, 1.807) is 0 Å². The summed E-state index contributed by atoms with van der Waals surface area (Å²) in [5, 5.41) is 0.844. The number of benzene rings is 1. The summed E-state index contributed by atoms with van der Waals surface area (Å²) in [6.07, 6.45) is 7.61. The van der Waals surface area contributed by atoms with E-state index in [0.29, 0.717) is 11.8 Å². The first-order valence-electron chi connectivity index (χ1n) is 8.68. The van der Waals surface area contributed by atoms with Gasteiger partial charge in [0, 0.05) is 12.6 Å². The third-order valence-corrected chi connectivity index (χ3v) is 6.12. The molecule has 1 aliphatic heterocycles. The molecule has 0 radical (unpaired) electrons. The molecular formula is C18H23N3OS. The normalized spacial score (nSPS) is 24.6. The largest absolute Gasteiger partial charge is 0.339 e. The number of H-pyrrole nitrogens is 1. The average Bonchev–Trinajstić information content (AvgIpc) is 3.02. The molecule has 1 aromatic carbocycles. The zero-order valence-corrected chi connectivity index (χ0v) is 14.1. The van der Waals surface area contributed by atoms with Gasteiger partial charge < -0.3 is 9.88 Å².